The van der Waals surface area contributed by atoms with Gasteiger partial charge in [0.1, 0.15) is 12.7 Å². The Hall–Kier alpha value is -2.88. The van der Waals surface area contributed by atoms with Gasteiger partial charge < -0.3 is 4.57 Å². The lowest BCUT2D eigenvalue weighted by atomic mass is 10.0. The van der Waals surface area contributed by atoms with Crippen molar-refractivity contribution >= 4 is 5.78 Å². The Morgan fingerprint density at radius 1 is 1.16 bits per heavy atom. The highest BCUT2D eigenvalue weighted by molar-refractivity contribution is 5.68. The SMILES string of the molecule is [2H]C([2H])([2H])c1nc2n(C)c(-c3cc(C)c(-c4ccccc4)c[n+]3C)cn2c1C. The van der Waals surface area contributed by atoms with Crippen LogP contribution < -0.4 is 4.57 Å². The Morgan fingerprint density at radius 3 is 2.60 bits per heavy atom. The van der Waals surface area contributed by atoms with E-state index >= 15 is 0 Å². The van der Waals surface area contributed by atoms with Crippen molar-refractivity contribution in [2.24, 2.45) is 14.1 Å². The van der Waals surface area contributed by atoms with Gasteiger partial charge in [-0.05, 0) is 31.8 Å². The van der Waals surface area contributed by atoms with Crippen molar-refractivity contribution in [3.05, 3.63) is 65.7 Å². The van der Waals surface area contributed by atoms with E-state index in [0.29, 0.717) is 11.5 Å². The van der Waals surface area contributed by atoms with Crippen molar-refractivity contribution in [2.75, 3.05) is 0 Å². The number of rotatable bonds is 2. The van der Waals surface area contributed by atoms with Crippen LogP contribution in [0.1, 0.15) is 21.1 Å². The Balaban J connectivity index is 1.87. The van der Waals surface area contributed by atoms with E-state index in [0.717, 1.165) is 11.4 Å². The second kappa shape index (κ2) is 5.59. The quantitative estimate of drug-likeness (QED) is 0.513. The standard InChI is InChI=1S/C21H23N4/c1-14-11-19(23(4)12-18(14)17-9-7-6-8-10-17)20-13-25-16(3)15(2)22-21(25)24(20)5/h6-13H,1-5H3/q+1/i2D3. The van der Waals surface area contributed by atoms with Crippen LogP contribution in [0.15, 0.2) is 48.8 Å². The van der Waals surface area contributed by atoms with Crippen LogP contribution in [-0.4, -0.2) is 14.0 Å². The minimum Gasteiger partial charge on any atom is -0.308 e. The molecule has 0 amide bonds. The number of hydrogen-bond donors (Lipinski definition) is 0. The van der Waals surface area contributed by atoms with Gasteiger partial charge in [-0.3, -0.25) is 4.40 Å². The van der Waals surface area contributed by atoms with Crippen LogP contribution in [-0.2, 0) is 14.1 Å². The number of pyridine rings is 1. The Bertz CT molecular complexity index is 1180. The number of fused-ring (bicyclic) bond motifs is 1. The maximum Gasteiger partial charge on any atom is 0.230 e. The molecule has 3 heterocycles. The van der Waals surface area contributed by atoms with Gasteiger partial charge in [0.25, 0.3) is 0 Å². The fourth-order valence-corrected chi connectivity index (χ4v) is 3.37. The minimum atomic E-state index is -2.21. The highest BCUT2D eigenvalue weighted by Gasteiger charge is 2.21. The summed E-state index contributed by atoms with van der Waals surface area (Å²) < 4.78 is 29.0. The number of nitrogens with zero attached hydrogens (tertiary/aromatic N) is 4. The molecule has 4 nitrogen and oxygen atoms in total. The number of imidazole rings is 2. The molecule has 4 heteroatoms. The smallest absolute Gasteiger partial charge is 0.230 e. The average molecular weight is 334 g/mol. The van der Waals surface area contributed by atoms with Crippen LogP contribution in [0.5, 0.6) is 0 Å². The van der Waals surface area contributed by atoms with Crippen molar-refractivity contribution in [3.63, 3.8) is 0 Å². The van der Waals surface area contributed by atoms with E-state index in [2.05, 4.69) is 40.9 Å². The van der Waals surface area contributed by atoms with E-state index in [4.69, 9.17) is 4.11 Å². The van der Waals surface area contributed by atoms with Crippen LogP contribution in [0, 0.1) is 20.7 Å². The molecule has 0 bridgehead atoms. The Kier molecular flexibility index (Phi) is 2.79. The minimum absolute atomic E-state index is 0.157. The summed E-state index contributed by atoms with van der Waals surface area (Å²) >= 11 is 0. The average Bonchev–Trinajstić information content (AvgIpc) is 3.14. The third-order valence-electron chi connectivity index (χ3n) is 4.87. The molecule has 0 saturated heterocycles. The van der Waals surface area contributed by atoms with Gasteiger partial charge in [-0.25, -0.2) is 4.98 Å². The zero-order chi connectivity index (χ0) is 20.2. The topological polar surface area (TPSA) is 26.1 Å². The van der Waals surface area contributed by atoms with Crippen molar-refractivity contribution in [3.8, 4) is 22.5 Å². The van der Waals surface area contributed by atoms with Gasteiger partial charge in [-0.2, -0.15) is 4.57 Å². The van der Waals surface area contributed by atoms with Crippen LogP contribution in [0.2, 0.25) is 0 Å². The molecule has 0 saturated carbocycles. The summed E-state index contributed by atoms with van der Waals surface area (Å²) in [6, 6.07) is 12.5. The van der Waals surface area contributed by atoms with Crippen LogP contribution in [0.25, 0.3) is 28.3 Å². The molecular weight excluding hydrogens is 308 g/mol. The molecule has 25 heavy (non-hydrogen) atoms. The first-order valence-corrected chi connectivity index (χ1v) is 8.29. The van der Waals surface area contributed by atoms with Crippen molar-refractivity contribution < 1.29 is 8.68 Å². The molecule has 126 valence electrons. The van der Waals surface area contributed by atoms with E-state index < -0.39 is 6.85 Å². The monoisotopic (exact) mass is 334 g/mol. The van der Waals surface area contributed by atoms with Gasteiger partial charge in [0.05, 0.1) is 5.69 Å². The molecule has 0 N–H and O–H groups in total. The second-order valence-corrected chi connectivity index (χ2v) is 6.52. The van der Waals surface area contributed by atoms with Crippen molar-refractivity contribution in [1.82, 2.24) is 14.0 Å². The fraction of sp³-hybridized carbons (Fsp3) is 0.238. The predicted octanol–water partition coefficient (Wildman–Crippen LogP) is 3.76. The van der Waals surface area contributed by atoms with Gasteiger partial charge in [0.2, 0.25) is 11.5 Å². The summed E-state index contributed by atoms with van der Waals surface area (Å²) in [5.41, 5.74) is 6.38. The van der Waals surface area contributed by atoms with Gasteiger partial charge >= 0.3 is 0 Å². The van der Waals surface area contributed by atoms with Crippen molar-refractivity contribution in [1.29, 1.82) is 0 Å². The summed E-state index contributed by atoms with van der Waals surface area (Å²) in [5.74, 6) is 0.628. The maximum atomic E-state index is 7.68. The van der Waals surface area contributed by atoms with Crippen LogP contribution in [0.3, 0.4) is 0 Å². The maximum absolute atomic E-state index is 7.68. The molecular formula is C21H23N4+. The van der Waals surface area contributed by atoms with Gasteiger partial charge in [-0.1, -0.05) is 30.3 Å². The molecule has 0 aliphatic carbocycles. The molecule has 0 aliphatic heterocycles. The molecule has 3 aromatic heterocycles. The summed E-state index contributed by atoms with van der Waals surface area (Å²) in [5, 5.41) is 0. The molecule has 0 radical (unpaired) electrons. The van der Waals surface area contributed by atoms with Gasteiger partial charge in [-0.15, -0.1) is 0 Å². The van der Waals surface area contributed by atoms with E-state index in [1.165, 1.54) is 16.7 Å². The van der Waals surface area contributed by atoms with Gasteiger partial charge in [0, 0.05) is 34.7 Å². The predicted molar refractivity (Wildman–Crippen MR) is 100 cm³/mol. The fourth-order valence-electron chi connectivity index (χ4n) is 3.37. The lowest BCUT2D eigenvalue weighted by Crippen LogP contribution is -2.31. The molecule has 4 aromatic rings. The first-order valence-electron chi connectivity index (χ1n) is 9.79. The molecule has 0 fully saturated rings. The molecule has 0 aliphatic rings. The van der Waals surface area contributed by atoms with E-state index in [9.17, 15) is 0 Å². The highest BCUT2D eigenvalue weighted by Crippen LogP contribution is 2.27. The zero-order valence-electron chi connectivity index (χ0n) is 17.9. The van der Waals surface area contributed by atoms with E-state index in [1.54, 1.807) is 6.92 Å². The lowest BCUT2D eigenvalue weighted by molar-refractivity contribution is -0.660. The highest BCUT2D eigenvalue weighted by atomic mass is 15.2. The van der Waals surface area contributed by atoms with E-state index in [1.807, 2.05) is 47.5 Å². The summed E-state index contributed by atoms with van der Waals surface area (Å²) in [6.07, 6.45) is 4.10. The summed E-state index contributed by atoms with van der Waals surface area (Å²) in [4.78, 5) is 4.40. The first kappa shape index (κ1) is 12.5. The Labute approximate surface area is 152 Å². The van der Waals surface area contributed by atoms with Crippen LogP contribution in [0.4, 0.5) is 0 Å². The number of benzene rings is 1. The third-order valence-corrected chi connectivity index (χ3v) is 4.87. The van der Waals surface area contributed by atoms with Gasteiger partial charge in [0.15, 0.2) is 6.20 Å². The number of aryl methyl sites for hydroxylation is 5. The van der Waals surface area contributed by atoms with E-state index in [-0.39, 0.29) is 5.69 Å². The summed E-state index contributed by atoms with van der Waals surface area (Å²) in [6.45, 7) is 1.70. The molecule has 1 aromatic carbocycles. The second-order valence-electron chi connectivity index (χ2n) is 6.52. The largest absolute Gasteiger partial charge is 0.308 e. The normalized spacial score (nSPS) is 13.7. The molecule has 0 spiro atoms. The molecule has 0 unspecified atom stereocenters. The zero-order valence-corrected chi connectivity index (χ0v) is 14.9. The lowest BCUT2D eigenvalue weighted by Gasteiger charge is -2.08. The van der Waals surface area contributed by atoms with Crippen molar-refractivity contribution in [2.45, 2.75) is 20.7 Å². The summed E-state index contributed by atoms with van der Waals surface area (Å²) in [7, 11) is 3.94. The molecule has 4 rings (SSSR count). The number of hydrogen-bond acceptors (Lipinski definition) is 1. The number of aromatic nitrogens is 4. The first-order chi connectivity index (χ1) is 13.2. The third kappa shape index (κ3) is 2.37. The van der Waals surface area contributed by atoms with Crippen LogP contribution >= 0.6 is 0 Å². The Morgan fingerprint density at radius 2 is 1.92 bits per heavy atom. The molecule has 0 atom stereocenters.